The fraction of sp³-hybridized carbons (Fsp3) is 0.625. The van der Waals surface area contributed by atoms with Crippen LogP contribution in [0.25, 0.3) is 0 Å². The van der Waals surface area contributed by atoms with E-state index in [9.17, 15) is 9.90 Å². The van der Waals surface area contributed by atoms with Gasteiger partial charge in [-0.1, -0.05) is 36.4 Å². The molecule has 0 bridgehead atoms. The molecule has 0 radical (unpaired) electrons. The van der Waals surface area contributed by atoms with Crippen molar-refractivity contribution in [3.63, 3.8) is 0 Å². The molecule has 3 nitrogen and oxygen atoms in total. The number of aliphatic hydroxyl groups excluding tert-OH is 1. The summed E-state index contributed by atoms with van der Waals surface area (Å²) < 4.78 is 6.55. The van der Waals surface area contributed by atoms with Gasteiger partial charge in [-0.25, -0.2) is 4.79 Å². The zero-order valence-electron chi connectivity index (χ0n) is 6.95. The molecule has 1 N–H and O–H groups in total. The first kappa shape index (κ1) is 9.98. The van der Waals surface area contributed by atoms with Crippen molar-refractivity contribution in [1.29, 1.82) is 0 Å². The molecule has 0 aliphatic carbocycles. The summed E-state index contributed by atoms with van der Waals surface area (Å²) in [5.74, 6) is -0.242. The van der Waals surface area contributed by atoms with E-state index < -0.39 is 12.1 Å². The number of halogens is 1. The van der Waals surface area contributed by atoms with Gasteiger partial charge in [0.15, 0.2) is 0 Å². The minimum absolute atomic E-state index is 0.151. The van der Waals surface area contributed by atoms with Crippen molar-refractivity contribution < 1.29 is 14.6 Å². The van der Waals surface area contributed by atoms with Crippen molar-refractivity contribution in [3.05, 3.63) is 9.66 Å². The lowest BCUT2D eigenvalue weighted by atomic mass is 10.00. The standard InChI is InChI=1S/C8H11IO3/c1-4(2)7-6(10)5(3-9)8(11)12-7/h3-4,6-7,10H,1-2H3/b5-3-/t6-,7+/m0/s1. The monoisotopic (exact) mass is 282 g/mol. The van der Waals surface area contributed by atoms with E-state index in [1.807, 2.05) is 36.4 Å². The molecule has 1 aliphatic heterocycles. The second-order valence-electron chi connectivity index (χ2n) is 3.12. The van der Waals surface area contributed by atoms with Gasteiger partial charge in [0.2, 0.25) is 0 Å². The maximum Gasteiger partial charge on any atom is 0.337 e. The molecule has 1 aliphatic rings. The van der Waals surface area contributed by atoms with Crippen LogP contribution >= 0.6 is 22.6 Å². The van der Waals surface area contributed by atoms with Crippen LogP contribution in [0.2, 0.25) is 0 Å². The first-order valence-corrected chi connectivity index (χ1v) is 5.01. The Hall–Kier alpha value is -0.100. The fourth-order valence-electron chi connectivity index (χ4n) is 1.16. The Balaban J connectivity index is 2.83. The Labute approximate surface area is 84.9 Å². The molecule has 12 heavy (non-hydrogen) atoms. The quantitative estimate of drug-likeness (QED) is 0.447. The molecule has 0 unspecified atom stereocenters. The van der Waals surface area contributed by atoms with E-state index in [4.69, 9.17) is 4.74 Å². The molecular formula is C8H11IO3. The Morgan fingerprint density at radius 3 is 2.50 bits per heavy atom. The highest BCUT2D eigenvalue weighted by atomic mass is 127. The number of ether oxygens (including phenoxy) is 1. The molecule has 4 heteroatoms. The fourth-order valence-corrected chi connectivity index (χ4v) is 1.79. The number of carbonyl (C=O) groups excluding carboxylic acids is 1. The zero-order chi connectivity index (χ0) is 9.30. The van der Waals surface area contributed by atoms with Crippen molar-refractivity contribution in [3.8, 4) is 0 Å². The average Bonchev–Trinajstić information content (AvgIpc) is 2.27. The van der Waals surface area contributed by atoms with Crippen LogP contribution in [0.4, 0.5) is 0 Å². The summed E-state index contributed by atoms with van der Waals surface area (Å²) in [6.45, 7) is 3.83. The second-order valence-corrected chi connectivity index (χ2v) is 3.75. The van der Waals surface area contributed by atoms with Crippen molar-refractivity contribution in [2.24, 2.45) is 5.92 Å². The number of aliphatic hydroxyl groups is 1. The molecule has 2 atom stereocenters. The van der Waals surface area contributed by atoms with Crippen LogP contribution in [-0.2, 0) is 9.53 Å². The van der Waals surface area contributed by atoms with Gasteiger partial charge >= 0.3 is 5.97 Å². The molecule has 1 heterocycles. The van der Waals surface area contributed by atoms with Gasteiger partial charge in [0.1, 0.15) is 12.2 Å². The normalized spacial score (nSPS) is 33.1. The summed E-state index contributed by atoms with van der Waals surface area (Å²) >= 11 is 1.93. The summed E-state index contributed by atoms with van der Waals surface area (Å²) in [6.07, 6.45) is -1.13. The van der Waals surface area contributed by atoms with Gasteiger partial charge < -0.3 is 9.84 Å². The van der Waals surface area contributed by atoms with E-state index in [1.165, 1.54) is 0 Å². The number of cyclic esters (lactones) is 1. The molecule has 0 amide bonds. The average molecular weight is 282 g/mol. The van der Waals surface area contributed by atoms with Crippen LogP contribution in [0, 0.1) is 5.92 Å². The van der Waals surface area contributed by atoms with Crippen LogP contribution in [0.15, 0.2) is 9.66 Å². The predicted octanol–water partition coefficient (Wildman–Crippen LogP) is 1.25. The number of esters is 1. The zero-order valence-corrected chi connectivity index (χ0v) is 9.11. The SMILES string of the molecule is CC(C)[C@H]1OC(=O)/C(=C\I)[C@@H]1O. The summed E-state index contributed by atoms with van der Waals surface area (Å²) in [5, 5.41) is 9.57. The molecule has 0 spiro atoms. The Kier molecular flexibility index (Phi) is 3.11. The summed E-state index contributed by atoms with van der Waals surface area (Å²) in [7, 11) is 0. The van der Waals surface area contributed by atoms with E-state index in [2.05, 4.69) is 0 Å². The third-order valence-corrected chi connectivity index (χ3v) is 2.55. The number of hydrogen-bond acceptors (Lipinski definition) is 3. The summed E-state index contributed by atoms with van der Waals surface area (Å²) in [5.41, 5.74) is 0.370. The van der Waals surface area contributed by atoms with Gasteiger partial charge in [-0.2, -0.15) is 0 Å². The van der Waals surface area contributed by atoms with Gasteiger partial charge in [-0.15, -0.1) is 0 Å². The maximum absolute atomic E-state index is 11.1. The third-order valence-electron chi connectivity index (χ3n) is 1.88. The van der Waals surface area contributed by atoms with Crippen LogP contribution in [0.5, 0.6) is 0 Å². The predicted molar refractivity (Wildman–Crippen MR) is 52.8 cm³/mol. The summed E-state index contributed by atoms with van der Waals surface area (Å²) in [4.78, 5) is 11.1. The molecule has 1 fully saturated rings. The molecular weight excluding hydrogens is 271 g/mol. The van der Waals surface area contributed by atoms with E-state index in [-0.39, 0.29) is 12.0 Å². The molecule has 1 saturated heterocycles. The largest absolute Gasteiger partial charge is 0.456 e. The second kappa shape index (κ2) is 3.74. The first-order chi connectivity index (χ1) is 5.57. The number of carbonyl (C=O) groups is 1. The van der Waals surface area contributed by atoms with Crippen molar-refractivity contribution in [2.45, 2.75) is 26.1 Å². The Morgan fingerprint density at radius 2 is 2.25 bits per heavy atom. The van der Waals surface area contributed by atoms with E-state index in [1.54, 1.807) is 4.08 Å². The van der Waals surface area contributed by atoms with Gasteiger partial charge in [0.05, 0.1) is 5.57 Å². The minimum Gasteiger partial charge on any atom is -0.456 e. The highest BCUT2D eigenvalue weighted by Crippen LogP contribution is 2.26. The number of rotatable bonds is 1. The summed E-state index contributed by atoms with van der Waals surface area (Å²) in [6, 6.07) is 0. The smallest absolute Gasteiger partial charge is 0.337 e. The van der Waals surface area contributed by atoms with Crippen LogP contribution in [0.3, 0.4) is 0 Å². The van der Waals surface area contributed by atoms with Crippen molar-refractivity contribution in [2.75, 3.05) is 0 Å². The minimum atomic E-state index is -0.755. The van der Waals surface area contributed by atoms with E-state index >= 15 is 0 Å². The van der Waals surface area contributed by atoms with E-state index in [0.717, 1.165) is 0 Å². The van der Waals surface area contributed by atoms with Crippen molar-refractivity contribution in [1.82, 2.24) is 0 Å². The van der Waals surface area contributed by atoms with Crippen LogP contribution in [0.1, 0.15) is 13.8 Å². The molecule has 68 valence electrons. The highest BCUT2D eigenvalue weighted by molar-refractivity contribution is 14.1. The molecule has 0 saturated carbocycles. The van der Waals surface area contributed by atoms with Crippen LogP contribution in [-0.4, -0.2) is 23.3 Å². The molecule has 1 rings (SSSR count). The van der Waals surface area contributed by atoms with E-state index in [0.29, 0.717) is 5.57 Å². The Morgan fingerprint density at radius 1 is 1.67 bits per heavy atom. The highest BCUT2D eigenvalue weighted by Gasteiger charge is 2.39. The first-order valence-electron chi connectivity index (χ1n) is 3.77. The van der Waals surface area contributed by atoms with Gasteiger partial charge in [0, 0.05) is 0 Å². The van der Waals surface area contributed by atoms with Gasteiger partial charge in [-0.05, 0) is 10.0 Å². The van der Waals surface area contributed by atoms with Gasteiger partial charge in [0.25, 0.3) is 0 Å². The molecule has 0 aromatic rings. The van der Waals surface area contributed by atoms with Crippen LogP contribution < -0.4 is 0 Å². The lowest BCUT2D eigenvalue weighted by Gasteiger charge is -2.15. The maximum atomic E-state index is 11.1. The van der Waals surface area contributed by atoms with Crippen molar-refractivity contribution >= 4 is 28.6 Å². The number of hydrogen-bond donors (Lipinski definition) is 1. The lowest BCUT2D eigenvalue weighted by molar-refractivity contribution is -0.141. The van der Waals surface area contributed by atoms with Gasteiger partial charge in [-0.3, -0.25) is 0 Å². The molecule has 0 aromatic heterocycles. The Bertz CT molecular complexity index is 222. The third kappa shape index (κ3) is 1.64. The molecule has 0 aromatic carbocycles. The topological polar surface area (TPSA) is 46.5 Å². The lowest BCUT2D eigenvalue weighted by Crippen LogP contribution is -2.27.